The zero-order valence-corrected chi connectivity index (χ0v) is 12.4. The second kappa shape index (κ2) is 5.61. The van der Waals surface area contributed by atoms with Gasteiger partial charge in [-0.3, -0.25) is 0 Å². The van der Waals surface area contributed by atoms with Gasteiger partial charge >= 0.3 is 0 Å². The Bertz CT molecular complexity index is 393. The van der Waals surface area contributed by atoms with Crippen LogP contribution in [-0.4, -0.2) is 9.30 Å². The van der Waals surface area contributed by atoms with Crippen molar-refractivity contribution in [3.05, 3.63) is 34.3 Å². The van der Waals surface area contributed by atoms with Gasteiger partial charge in [-0.2, -0.15) is 5.14 Å². The van der Waals surface area contributed by atoms with Gasteiger partial charge in [-0.1, -0.05) is 30.7 Å². The van der Waals surface area contributed by atoms with E-state index in [0.29, 0.717) is 0 Å². The summed E-state index contributed by atoms with van der Waals surface area (Å²) in [6, 6.07) is 5.85. The predicted molar refractivity (Wildman–Crippen MR) is 75.6 cm³/mol. The fourth-order valence-corrected chi connectivity index (χ4v) is 2.98. The van der Waals surface area contributed by atoms with Crippen LogP contribution >= 0.6 is 11.6 Å². The maximum Gasteiger partial charge on any atom is 0.146 e. The van der Waals surface area contributed by atoms with Gasteiger partial charge in [0.2, 0.25) is 0 Å². The van der Waals surface area contributed by atoms with E-state index in [2.05, 4.69) is 6.92 Å². The smallest absolute Gasteiger partial charge is 0.146 e. The number of nitrogens with two attached hydrogens (primary N) is 1. The molecule has 96 valence electrons. The summed E-state index contributed by atoms with van der Waals surface area (Å²) in [6.07, 6.45) is 0.886. The Morgan fingerprint density at radius 2 is 2.06 bits per heavy atom. The van der Waals surface area contributed by atoms with E-state index in [1.54, 1.807) is 0 Å². The molecule has 0 aromatic heterocycles. The number of hydrogen-bond acceptors (Lipinski definition) is 2. The highest BCUT2D eigenvalue weighted by Gasteiger charge is 2.40. The van der Waals surface area contributed by atoms with Crippen LogP contribution in [-0.2, 0) is 11.4 Å². The van der Waals surface area contributed by atoms with Gasteiger partial charge in [-0.15, -0.1) is 0 Å². The largest absolute Gasteiger partial charge is 0.598 e. The highest BCUT2D eigenvalue weighted by Crippen LogP contribution is 2.38. The van der Waals surface area contributed by atoms with Gasteiger partial charge in [0.15, 0.2) is 0 Å². The average Bonchev–Trinajstić information content (AvgIpc) is 2.24. The molecule has 0 aliphatic heterocycles. The first-order valence-corrected chi connectivity index (χ1v) is 7.32. The van der Waals surface area contributed by atoms with E-state index in [0.717, 1.165) is 22.6 Å². The highest BCUT2D eigenvalue weighted by atomic mass is 35.5. The second-order valence-corrected chi connectivity index (χ2v) is 6.87. The molecule has 0 saturated heterocycles. The van der Waals surface area contributed by atoms with E-state index < -0.39 is 16.1 Å². The zero-order chi connectivity index (χ0) is 13.2. The van der Waals surface area contributed by atoms with Crippen molar-refractivity contribution >= 4 is 23.0 Å². The average molecular weight is 274 g/mol. The van der Waals surface area contributed by atoms with Crippen LogP contribution < -0.4 is 5.14 Å². The number of hydrogen-bond donors (Lipinski definition) is 1. The van der Waals surface area contributed by atoms with Crippen molar-refractivity contribution in [2.24, 2.45) is 5.14 Å². The second-order valence-electron chi connectivity index (χ2n) is 4.82. The van der Waals surface area contributed by atoms with Crippen molar-refractivity contribution < 1.29 is 4.55 Å². The fraction of sp³-hybridized carbons (Fsp3) is 0.538. The topological polar surface area (TPSA) is 49.1 Å². The predicted octanol–water partition coefficient (Wildman–Crippen LogP) is 3.54. The molecule has 1 rings (SSSR count). The first-order chi connectivity index (χ1) is 7.82. The molecule has 0 saturated carbocycles. The Balaban J connectivity index is 3.23. The van der Waals surface area contributed by atoms with Crippen LogP contribution in [0.4, 0.5) is 0 Å². The molecule has 2 unspecified atom stereocenters. The van der Waals surface area contributed by atoms with Crippen LogP contribution in [0.25, 0.3) is 0 Å². The molecular weight excluding hydrogens is 254 g/mol. The van der Waals surface area contributed by atoms with Crippen molar-refractivity contribution in [3.8, 4) is 0 Å². The lowest BCUT2D eigenvalue weighted by atomic mass is 9.83. The maximum absolute atomic E-state index is 11.7. The third-order valence-corrected chi connectivity index (χ3v) is 5.18. The lowest BCUT2D eigenvalue weighted by molar-refractivity contribution is 0.473. The van der Waals surface area contributed by atoms with Crippen LogP contribution in [0.15, 0.2) is 18.2 Å². The van der Waals surface area contributed by atoms with Gasteiger partial charge in [-0.05, 0) is 44.4 Å². The SMILES string of the molecule is CCC(c1cccc(Cl)c1C)C(C)(C)[S+](N)[O-]. The van der Waals surface area contributed by atoms with Crippen LogP contribution in [0.2, 0.25) is 5.02 Å². The molecule has 0 amide bonds. The Labute approximate surface area is 112 Å². The highest BCUT2D eigenvalue weighted by molar-refractivity contribution is 7.90. The minimum Gasteiger partial charge on any atom is -0.598 e. The zero-order valence-electron chi connectivity index (χ0n) is 10.8. The summed E-state index contributed by atoms with van der Waals surface area (Å²) in [5.41, 5.74) is 2.20. The molecule has 17 heavy (non-hydrogen) atoms. The van der Waals surface area contributed by atoms with Crippen LogP contribution in [0.3, 0.4) is 0 Å². The minimum absolute atomic E-state index is 0.145. The third-order valence-electron chi connectivity index (χ3n) is 3.45. The first-order valence-electron chi connectivity index (χ1n) is 5.73. The van der Waals surface area contributed by atoms with Gasteiger partial charge in [0.1, 0.15) is 4.75 Å². The molecule has 0 aliphatic carbocycles. The first kappa shape index (κ1) is 14.8. The number of benzene rings is 1. The lowest BCUT2D eigenvalue weighted by Gasteiger charge is -2.33. The van der Waals surface area contributed by atoms with E-state index >= 15 is 0 Å². The monoisotopic (exact) mass is 273 g/mol. The molecule has 2 atom stereocenters. The molecule has 0 heterocycles. The van der Waals surface area contributed by atoms with Crippen molar-refractivity contribution in [2.45, 2.75) is 44.8 Å². The van der Waals surface area contributed by atoms with E-state index in [1.807, 2.05) is 39.0 Å². The van der Waals surface area contributed by atoms with Crippen molar-refractivity contribution in [3.63, 3.8) is 0 Å². The van der Waals surface area contributed by atoms with Gasteiger partial charge < -0.3 is 4.55 Å². The van der Waals surface area contributed by atoms with Crippen molar-refractivity contribution in [2.75, 3.05) is 0 Å². The minimum atomic E-state index is -1.36. The molecule has 0 fully saturated rings. The molecule has 2 nitrogen and oxygen atoms in total. The van der Waals surface area contributed by atoms with Crippen molar-refractivity contribution in [1.82, 2.24) is 0 Å². The summed E-state index contributed by atoms with van der Waals surface area (Å²) >= 11 is 4.77. The summed E-state index contributed by atoms with van der Waals surface area (Å²) < 4.78 is 11.2. The Morgan fingerprint density at radius 1 is 1.47 bits per heavy atom. The van der Waals surface area contributed by atoms with Gasteiger partial charge in [0, 0.05) is 22.3 Å². The summed E-state index contributed by atoms with van der Waals surface area (Å²) in [5.74, 6) is 0.145. The van der Waals surface area contributed by atoms with Gasteiger partial charge in [0.05, 0.1) is 0 Å². The number of rotatable bonds is 4. The summed E-state index contributed by atoms with van der Waals surface area (Å²) in [4.78, 5) is 0. The molecule has 0 aliphatic rings. The third kappa shape index (κ3) is 2.97. The fourth-order valence-electron chi connectivity index (χ4n) is 2.23. The molecule has 1 aromatic carbocycles. The van der Waals surface area contributed by atoms with E-state index in [9.17, 15) is 4.55 Å². The Morgan fingerprint density at radius 3 is 2.53 bits per heavy atom. The Kier molecular flexibility index (Phi) is 4.90. The summed E-state index contributed by atoms with van der Waals surface area (Å²) in [7, 11) is 0. The van der Waals surface area contributed by atoms with Crippen LogP contribution in [0, 0.1) is 6.92 Å². The molecule has 1 aromatic rings. The Hall–Kier alpha value is -0.220. The van der Waals surface area contributed by atoms with E-state index in [4.69, 9.17) is 16.7 Å². The quantitative estimate of drug-likeness (QED) is 0.853. The van der Waals surface area contributed by atoms with Crippen molar-refractivity contribution in [1.29, 1.82) is 0 Å². The van der Waals surface area contributed by atoms with Crippen LogP contribution in [0.5, 0.6) is 0 Å². The van der Waals surface area contributed by atoms with E-state index in [1.165, 1.54) is 0 Å². The molecule has 2 N–H and O–H groups in total. The molecule has 4 heteroatoms. The number of halogens is 1. The summed E-state index contributed by atoms with van der Waals surface area (Å²) in [5, 5.41) is 6.36. The maximum atomic E-state index is 11.7. The van der Waals surface area contributed by atoms with E-state index in [-0.39, 0.29) is 5.92 Å². The summed E-state index contributed by atoms with van der Waals surface area (Å²) in [6.45, 7) is 7.96. The lowest BCUT2D eigenvalue weighted by Crippen LogP contribution is -2.43. The molecule has 0 radical (unpaired) electrons. The molecule has 0 spiro atoms. The standard InChI is InChI=1S/C13H20ClNOS/c1-5-11(13(3,4)17(15)16)10-7-6-8-12(14)9(10)2/h6-8,11H,5,15H2,1-4H3. The van der Waals surface area contributed by atoms with Gasteiger partial charge in [0.25, 0.3) is 0 Å². The van der Waals surface area contributed by atoms with Gasteiger partial charge in [-0.25, -0.2) is 0 Å². The molecule has 0 bridgehead atoms. The normalized spacial score (nSPS) is 15.7. The van der Waals surface area contributed by atoms with Crippen LogP contribution in [0.1, 0.15) is 44.2 Å². The molecular formula is C13H20ClNOS.